The van der Waals surface area contributed by atoms with Crippen molar-refractivity contribution in [1.82, 2.24) is 9.55 Å². The van der Waals surface area contributed by atoms with E-state index in [1.54, 1.807) is 0 Å². The number of benzene rings is 1. The van der Waals surface area contributed by atoms with Crippen LogP contribution in [0.3, 0.4) is 0 Å². The summed E-state index contributed by atoms with van der Waals surface area (Å²) in [6, 6.07) is 10.2. The Kier molecular flexibility index (Phi) is 2.79. The molecule has 0 spiro atoms. The van der Waals surface area contributed by atoms with Crippen LogP contribution in [0.15, 0.2) is 42.7 Å². The Labute approximate surface area is 95.9 Å². The van der Waals surface area contributed by atoms with E-state index in [0.29, 0.717) is 6.54 Å². The van der Waals surface area contributed by atoms with Crippen molar-refractivity contribution in [1.29, 1.82) is 0 Å². The Morgan fingerprint density at radius 1 is 1.25 bits per heavy atom. The summed E-state index contributed by atoms with van der Waals surface area (Å²) in [4.78, 5) is 4.41. The smallest absolute Gasteiger partial charge is 0.140 e. The van der Waals surface area contributed by atoms with Crippen LogP contribution in [-0.2, 0) is 5.54 Å². The minimum Gasteiger partial charge on any atom is -0.328 e. The zero-order chi connectivity index (χ0) is 11.6. The molecule has 3 heteroatoms. The summed E-state index contributed by atoms with van der Waals surface area (Å²) in [6.45, 7) is 4.81. The van der Waals surface area contributed by atoms with Gasteiger partial charge in [0.05, 0.1) is 5.54 Å². The van der Waals surface area contributed by atoms with E-state index in [0.717, 1.165) is 11.4 Å². The first-order chi connectivity index (χ1) is 7.65. The maximum absolute atomic E-state index is 5.80. The Bertz CT molecular complexity index is 457. The summed E-state index contributed by atoms with van der Waals surface area (Å²) in [7, 11) is 0. The van der Waals surface area contributed by atoms with Crippen molar-refractivity contribution in [2.45, 2.75) is 19.4 Å². The molecule has 0 bridgehead atoms. The molecule has 84 valence electrons. The van der Waals surface area contributed by atoms with Crippen LogP contribution >= 0.6 is 0 Å². The minimum absolute atomic E-state index is 0.109. The lowest BCUT2D eigenvalue weighted by Gasteiger charge is -2.26. The molecule has 0 radical (unpaired) electrons. The fourth-order valence-electron chi connectivity index (χ4n) is 1.69. The molecule has 1 heterocycles. The molecule has 1 aromatic carbocycles. The number of rotatable bonds is 3. The van der Waals surface area contributed by atoms with E-state index in [1.807, 2.05) is 30.6 Å². The van der Waals surface area contributed by atoms with Crippen LogP contribution in [0.25, 0.3) is 11.4 Å². The predicted molar refractivity (Wildman–Crippen MR) is 66.0 cm³/mol. The van der Waals surface area contributed by atoms with Gasteiger partial charge in [0, 0.05) is 24.5 Å². The van der Waals surface area contributed by atoms with Gasteiger partial charge in [0.25, 0.3) is 0 Å². The third-order valence-electron chi connectivity index (χ3n) is 2.82. The molecule has 0 amide bonds. The van der Waals surface area contributed by atoms with Crippen molar-refractivity contribution in [3.8, 4) is 11.4 Å². The first-order valence-corrected chi connectivity index (χ1v) is 5.44. The molecule has 0 atom stereocenters. The zero-order valence-electron chi connectivity index (χ0n) is 9.72. The van der Waals surface area contributed by atoms with E-state index in [9.17, 15) is 0 Å². The Hall–Kier alpha value is -1.61. The molecule has 3 nitrogen and oxygen atoms in total. The van der Waals surface area contributed by atoms with Crippen LogP contribution in [0, 0.1) is 0 Å². The van der Waals surface area contributed by atoms with E-state index in [-0.39, 0.29) is 5.54 Å². The standard InChI is InChI=1S/C13H17N3/c1-13(2,10-14)16-9-8-15-12(16)11-6-4-3-5-7-11/h3-9H,10,14H2,1-2H3. The van der Waals surface area contributed by atoms with Crippen LogP contribution in [0.2, 0.25) is 0 Å². The van der Waals surface area contributed by atoms with E-state index >= 15 is 0 Å². The maximum Gasteiger partial charge on any atom is 0.140 e. The zero-order valence-corrected chi connectivity index (χ0v) is 9.72. The first kappa shape index (κ1) is 10.9. The number of hydrogen-bond donors (Lipinski definition) is 1. The van der Waals surface area contributed by atoms with Gasteiger partial charge in [0.2, 0.25) is 0 Å². The fraction of sp³-hybridized carbons (Fsp3) is 0.308. The second kappa shape index (κ2) is 4.10. The van der Waals surface area contributed by atoms with Crippen LogP contribution < -0.4 is 5.73 Å². The molecule has 2 aromatic rings. The van der Waals surface area contributed by atoms with Gasteiger partial charge in [-0.1, -0.05) is 30.3 Å². The average molecular weight is 215 g/mol. The third kappa shape index (κ3) is 1.86. The van der Waals surface area contributed by atoms with Crippen molar-refractivity contribution < 1.29 is 0 Å². The first-order valence-electron chi connectivity index (χ1n) is 5.44. The number of nitrogens with zero attached hydrogens (tertiary/aromatic N) is 2. The summed E-state index contributed by atoms with van der Waals surface area (Å²) in [5, 5.41) is 0. The second-order valence-electron chi connectivity index (χ2n) is 4.50. The van der Waals surface area contributed by atoms with Crippen LogP contribution in [0.5, 0.6) is 0 Å². The summed E-state index contributed by atoms with van der Waals surface area (Å²) < 4.78 is 2.13. The van der Waals surface area contributed by atoms with Crippen LogP contribution in [0.4, 0.5) is 0 Å². The molecule has 2 rings (SSSR count). The molecule has 1 aromatic heterocycles. The normalized spacial score (nSPS) is 11.7. The van der Waals surface area contributed by atoms with E-state index in [4.69, 9.17) is 5.73 Å². The average Bonchev–Trinajstić information content (AvgIpc) is 2.80. The lowest BCUT2D eigenvalue weighted by molar-refractivity contribution is 0.371. The number of hydrogen-bond acceptors (Lipinski definition) is 2. The molecule has 0 aliphatic heterocycles. The molecule has 2 N–H and O–H groups in total. The summed E-state index contributed by atoms with van der Waals surface area (Å²) in [6.07, 6.45) is 3.80. The topological polar surface area (TPSA) is 43.8 Å². The Morgan fingerprint density at radius 2 is 1.94 bits per heavy atom. The molecule has 0 aliphatic rings. The van der Waals surface area contributed by atoms with Gasteiger partial charge in [-0.3, -0.25) is 0 Å². The highest BCUT2D eigenvalue weighted by atomic mass is 15.1. The SMILES string of the molecule is CC(C)(CN)n1ccnc1-c1ccccc1. The third-order valence-corrected chi connectivity index (χ3v) is 2.82. The molecule has 0 aliphatic carbocycles. The molecule has 0 saturated heterocycles. The number of imidazole rings is 1. The summed E-state index contributed by atoms with van der Waals surface area (Å²) in [5.41, 5.74) is 6.81. The van der Waals surface area contributed by atoms with Crippen LogP contribution in [0.1, 0.15) is 13.8 Å². The molecule has 16 heavy (non-hydrogen) atoms. The summed E-state index contributed by atoms with van der Waals surface area (Å²) >= 11 is 0. The van der Waals surface area contributed by atoms with Gasteiger partial charge in [-0.2, -0.15) is 0 Å². The number of nitrogens with two attached hydrogens (primary N) is 1. The fourth-order valence-corrected chi connectivity index (χ4v) is 1.69. The summed E-state index contributed by atoms with van der Waals surface area (Å²) in [5.74, 6) is 0.969. The number of aromatic nitrogens is 2. The van der Waals surface area contributed by atoms with Gasteiger partial charge < -0.3 is 10.3 Å². The highest BCUT2D eigenvalue weighted by Crippen LogP contribution is 2.23. The lowest BCUT2D eigenvalue weighted by Crippen LogP contribution is -2.35. The Balaban J connectivity index is 2.49. The van der Waals surface area contributed by atoms with Crippen molar-refractivity contribution in [3.05, 3.63) is 42.7 Å². The van der Waals surface area contributed by atoms with E-state index in [1.165, 1.54) is 0 Å². The highest BCUT2D eigenvalue weighted by Gasteiger charge is 2.21. The minimum atomic E-state index is -0.109. The van der Waals surface area contributed by atoms with Gasteiger partial charge in [-0.05, 0) is 13.8 Å². The van der Waals surface area contributed by atoms with Crippen molar-refractivity contribution in [3.63, 3.8) is 0 Å². The molecular formula is C13H17N3. The van der Waals surface area contributed by atoms with Crippen LogP contribution in [-0.4, -0.2) is 16.1 Å². The monoisotopic (exact) mass is 215 g/mol. The van der Waals surface area contributed by atoms with Crippen molar-refractivity contribution in [2.75, 3.05) is 6.54 Å². The van der Waals surface area contributed by atoms with E-state index < -0.39 is 0 Å². The molecule has 0 fully saturated rings. The quantitative estimate of drug-likeness (QED) is 0.853. The molecule has 0 saturated carbocycles. The lowest BCUT2D eigenvalue weighted by atomic mass is 10.1. The molecule has 0 unspecified atom stereocenters. The van der Waals surface area contributed by atoms with Crippen molar-refractivity contribution >= 4 is 0 Å². The van der Waals surface area contributed by atoms with Gasteiger partial charge in [0.15, 0.2) is 0 Å². The van der Waals surface area contributed by atoms with Gasteiger partial charge >= 0.3 is 0 Å². The van der Waals surface area contributed by atoms with Gasteiger partial charge in [-0.25, -0.2) is 4.98 Å². The predicted octanol–water partition coefficient (Wildman–Crippen LogP) is 2.24. The Morgan fingerprint density at radius 3 is 2.56 bits per heavy atom. The van der Waals surface area contributed by atoms with Gasteiger partial charge in [0.1, 0.15) is 5.82 Å². The van der Waals surface area contributed by atoms with Gasteiger partial charge in [-0.15, -0.1) is 0 Å². The maximum atomic E-state index is 5.80. The second-order valence-corrected chi connectivity index (χ2v) is 4.50. The van der Waals surface area contributed by atoms with Crippen molar-refractivity contribution in [2.24, 2.45) is 5.73 Å². The largest absolute Gasteiger partial charge is 0.328 e. The molecular weight excluding hydrogens is 198 g/mol. The highest BCUT2D eigenvalue weighted by molar-refractivity contribution is 5.55. The van der Waals surface area contributed by atoms with E-state index in [2.05, 4.69) is 35.5 Å².